The third kappa shape index (κ3) is 3.23. The number of carbonyl (C=O) groups excluding carboxylic acids is 1. The van der Waals surface area contributed by atoms with Crippen molar-refractivity contribution in [2.24, 2.45) is 0 Å². The summed E-state index contributed by atoms with van der Waals surface area (Å²) in [6.45, 7) is 1.72. The van der Waals surface area contributed by atoms with Crippen molar-refractivity contribution in [1.29, 1.82) is 0 Å². The summed E-state index contributed by atoms with van der Waals surface area (Å²) in [5.41, 5.74) is 1.16. The van der Waals surface area contributed by atoms with E-state index in [9.17, 15) is 14.3 Å². The van der Waals surface area contributed by atoms with Crippen LogP contribution in [-0.4, -0.2) is 11.0 Å². The fraction of sp³-hybridized carbons (Fsp3) is 0.0714. The van der Waals surface area contributed by atoms with Gasteiger partial charge in [-0.05, 0) is 48.9 Å². The molecule has 0 heterocycles. The molecule has 0 saturated carbocycles. The molecule has 19 heavy (non-hydrogen) atoms. The first-order valence-electron chi connectivity index (χ1n) is 5.53. The zero-order valence-corrected chi connectivity index (χ0v) is 10.8. The van der Waals surface area contributed by atoms with Gasteiger partial charge < -0.3 is 10.4 Å². The van der Waals surface area contributed by atoms with Crippen molar-refractivity contribution in [1.82, 2.24) is 0 Å². The average Bonchev–Trinajstić information content (AvgIpc) is 2.30. The van der Waals surface area contributed by atoms with Gasteiger partial charge >= 0.3 is 0 Å². The maximum atomic E-state index is 13.2. The van der Waals surface area contributed by atoms with Crippen LogP contribution in [0.5, 0.6) is 5.75 Å². The lowest BCUT2D eigenvalue weighted by Gasteiger charge is -2.08. The number of hydrogen-bond acceptors (Lipinski definition) is 2. The summed E-state index contributed by atoms with van der Waals surface area (Å²) in [6, 6.07) is 8.26. The number of aryl methyl sites for hydroxylation is 1. The van der Waals surface area contributed by atoms with Crippen LogP contribution in [0.2, 0.25) is 5.02 Å². The van der Waals surface area contributed by atoms with Crippen LogP contribution in [0.1, 0.15) is 15.9 Å². The molecule has 1 amide bonds. The first-order chi connectivity index (χ1) is 8.95. The molecule has 0 aromatic heterocycles. The van der Waals surface area contributed by atoms with E-state index in [1.165, 1.54) is 30.3 Å². The molecule has 0 fully saturated rings. The number of rotatable bonds is 2. The van der Waals surface area contributed by atoms with Crippen LogP contribution in [0, 0.1) is 12.7 Å². The van der Waals surface area contributed by atoms with Crippen LogP contribution in [0.3, 0.4) is 0 Å². The van der Waals surface area contributed by atoms with E-state index in [4.69, 9.17) is 11.6 Å². The number of halogens is 2. The summed E-state index contributed by atoms with van der Waals surface area (Å²) in [6.07, 6.45) is 0. The second kappa shape index (κ2) is 5.28. The smallest absolute Gasteiger partial charge is 0.257 e. The highest BCUT2D eigenvalue weighted by atomic mass is 35.5. The van der Waals surface area contributed by atoms with Crippen molar-refractivity contribution in [2.75, 3.05) is 5.32 Å². The standard InChI is InChI=1S/C14H11ClFNO2/c1-8-4-9(16)6-10(5-8)17-14(19)12-7-11(18)2-3-13(12)15/h2-7,18H,1H3,(H,17,19). The van der Waals surface area contributed by atoms with E-state index in [0.717, 1.165) is 0 Å². The summed E-state index contributed by atoms with van der Waals surface area (Å²) in [5, 5.41) is 12.1. The van der Waals surface area contributed by atoms with E-state index < -0.39 is 11.7 Å². The SMILES string of the molecule is Cc1cc(F)cc(NC(=O)c2cc(O)ccc2Cl)c1. The van der Waals surface area contributed by atoms with Gasteiger partial charge in [-0.2, -0.15) is 0 Å². The summed E-state index contributed by atoms with van der Waals surface area (Å²) in [4.78, 5) is 12.0. The second-order valence-corrected chi connectivity index (χ2v) is 4.54. The highest BCUT2D eigenvalue weighted by Crippen LogP contribution is 2.22. The van der Waals surface area contributed by atoms with Crippen molar-refractivity contribution in [3.8, 4) is 5.75 Å². The number of nitrogens with one attached hydrogen (secondary N) is 1. The van der Waals surface area contributed by atoms with Gasteiger partial charge in [-0.1, -0.05) is 11.6 Å². The summed E-state index contributed by atoms with van der Waals surface area (Å²) >= 11 is 5.87. The Morgan fingerprint density at radius 1 is 1.26 bits per heavy atom. The average molecular weight is 280 g/mol. The van der Waals surface area contributed by atoms with E-state index in [2.05, 4.69) is 5.32 Å². The quantitative estimate of drug-likeness (QED) is 0.880. The molecule has 0 spiro atoms. The molecular formula is C14H11ClFNO2. The number of benzene rings is 2. The Hall–Kier alpha value is -2.07. The number of anilines is 1. The largest absolute Gasteiger partial charge is 0.508 e. The van der Waals surface area contributed by atoms with E-state index in [-0.39, 0.29) is 16.3 Å². The minimum absolute atomic E-state index is 0.0648. The van der Waals surface area contributed by atoms with Crippen molar-refractivity contribution >= 4 is 23.2 Å². The van der Waals surface area contributed by atoms with Crippen molar-refractivity contribution in [3.63, 3.8) is 0 Å². The number of phenolic OH excluding ortho intramolecular Hbond substituents is 1. The lowest BCUT2D eigenvalue weighted by Crippen LogP contribution is -2.12. The van der Waals surface area contributed by atoms with E-state index in [1.807, 2.05) is 0 Å². The summed E-state index contributed by atoms with van der Waals surface area (Å²) in [5.74, 6) is -1.01. The van der Waals surface area contributed by atoms with Gasteiger partial charge in [-0.3, -0.25) is 4.79 Å². The second-order valence-electron chi connectivity index (χ2n) is 4.14. The number of hydrogen-bond donors (Lipinski definition) is 2. The van der Waals surface area contributed by atoms with Gasteiger partial charge in [0, 0.05) is 5.69 Å². The molecule has 0 atom stereocenters. The van der Waals surface area contributed by atoms with Crippen LogP contribution in [0.4, 0.5) is 10.1 Å². The molecule has 0 saturated heterocycles. The predicted molar refractivity (Wildman–Crippen MR) is 72.2 cm³/mol. The Labute approximate surface area is 114 Å². The van der Waals surface area contributed by atoms with Gasteiger partial charge in [0.1, 0.15) is 11.6 Å². The Morgan fingerprint density at radius 3 is 2.68 bits per heavy atom. The lowest BCUT2D eigenvalue weighted by molar-refractivity contribution is 0.102. The van der Waals surface area contributed by atoms with E-state index in [0.29, 0.717) is 11.3 Å². The molecule has 2 aromatic carbocycles. The van der Waals surface area contributed by atoms with Crippen LogP contribution < -0.4 is 5.32 Å². The van der Waals surface area contributed by atoms with Gasteiger partial charge in [0.15, 0.2) is 0 Å². The Balaban J connectivity index is 2.28. The van der Waals surface area contributed by atoms with Gasteiger partial charge in [-0.15, -0.1) is 0 Å². The molecule has 0 bridgehead atoms. The van der Waals surface area contributed by atoms with Crippen LogP contribution in [-0.2, 0) is 0 Å². The topological polar surface area (TPSA) is 49.3 Å². The molecule has 2 N–H and O–H groups in total. The maximum Gasteiger partial charge on any atom is 0.257 e. The third-order valence-electron chi connectivity index (χ3n) is 2.49. The van der Waals surface area contributed by atoms with Crippen LogP contribution in [0.25, 0.3) is 0 Å². The minimum Gasteiger partial charge on any atom is -0.508 e. The summed E-state index contributed by atoms with van der Waals surface area (Å²) < 4.78 is 13.2. The Bertz CT molecular complexity index is 623. The molecule has 0 aliphatic rings. The summed E-state index contributed by atoms with van der Waals surface area (Å²) in [7, 11) is 0. The first-order valence-corrected chi connectivity index (χ1v) is 5.90. The fourth-order valence-corrected chi connectivity index (χ4v) is 1.90. The molecule has 0 unspecified atom stereocenters. The van der Waals surface area contributed by atoms with Crippen LogP contribution >= 0.6 is 11.6 Å². The van der Waals surface area contributed by atoms with Crippen molar-refractivity contribution in [2.45, 2.75) is 6.92 Å². The lowest BCUT2D eigenvalue weighted by atomic mass is 10.1. The zero-order valence-electron chi connectivity index (χ0n) is 10.1. The normalized spacial score (nSPS) is 10.3. The Kier molecular flexibility index (Phi) is 3.71. The van der Waals surface area contributed by atoms with Crippen molar-refractivity contribution in [3.05, 3.63) is 58.4 Å². The van der Waals surface area contributed by atoms with Crippen LogP contribution in [0.15, 0.2) is 36.4 Å². The monoisotopic (exact) mass is 279 g/mol. The first kappa shape index (κ1) is 13.4. The Morgan fingerprint density at radius 2 is 2.00 bits per heavy atom. The van der Waals surface area contributed by atoms with Crippen molar-refractivity contribution < 1.29 is 14.3 Å². The number of amides is 1. The molecule has 98 valence electrons. The zero-order chi connectivity index (χ0) is 14.0. The molecule has 0 radical (unpaired) electrons. The third-order valence-corrected chi connectivity index (χ3v) is 2.82. The number of aromatic hydroxyl groups is 1. The van der Waals surface area contributed by atoms with Gasteiger partial charge in [-0.25, -0.2) is 4.39 Å². The fourth-order valence-electron chi connectivity index (χ4n) is 1.69. The minimum atomic E-state index is -0.508. The van der Waals surface area contributed by atoms with Gasteiger partial charge in [0.25, 0.3) is 5.91 Å². The highest BCUT2D eigenvalue weighted by Gasteiger charge is 2.12. The molecule has 2 rings (SSSR count). The molecule has 3 nitrogen and oxygen atoms in total. The number of carbonyl (C=O) groups is 1. The molecule has 2 aromatic rings. The molecule has 5 heteroatoms. The van der Waals surface area contributed by atoms with E-state index >= 15 is 0 Å². The maximum absolute atomic E-state index is 13.2. The molecule has 0 aliphatic heterocycles. The molecule has 0 aliphatic carbocycles. The number of phenols is 1. The highest BCUT2D eigenvalue weighted by molar-refractivity contribution is 6.34. The molecular weight excluding hydrogens is 269 g/mol. The van der Waals surface area contributed by atoms with E-state index in [1.54, 1.807) is 13.0 Å². The van der Waals surface area contributed by atoms with Gasteiger partial charge in [0.05, 0.1) is 10.6 Å². The van der Waals surface area contributed by atoms with Gasteiger partial charge in [0.2, 0.25) is 0 Å². The predicted octanol–water partition coefficient (Wildman–Crippen LogP) is 3.75.